The van der Waals surface area contributed by atoms with Gasteiger partial charge in [-0.05, 0) is 62.4 Å². The van der Waals surface area contributed by atoms with Gasteiger partial charge in [-0.3, -0.25) is 14.2 Å². The summed E-state index contributed by atoms with van der Waals surface area (Å²) < 4.78 is 69.5. The molecule has 1 aliphatic carbocycles. The molecule has 1 saturated carbocycles. The number of pyridine rings is 1. The van der Waals surface area contributed by atoms with Crippen LogP contribution in [0.15, 0.2) is 45.7 Å². The molecule has 2 aromatic heterocycles. The van der Waals surface area contributed by atoms with Crippen molar-refractivity contribution in [3.05, 3.63) is 80.6 Å². The molecule has 1 fully saturated rings. The van der Waals surface area contributed by atoms with E-state index in [1.807, 2.05) is 0 Å². The summed E-state index contributed by atoms with van der Waals surface area (Å²) in [6.45, 7) is 1.52. The van der Waals surface area contributed by atoms with E-state index in [9.17, 15) is 31.2 Å². The first-order chi connectivity index (χ1) is 17.3. The Morgan fingerprint density at radius 2 is 1.95 bits per heavy atom. The SMILES string of the molecule is Cc1c(CCCS(C)(=O)=O)cc(C(=O)NCc2cc(C3CC3)no2)c(=O)n1-c1cccc(C(F)(F)F)c1. The zero-order valence-corrected chi connectivity index (χ0v) is 21.1. The Labute approximate surface area is 211 Å². The Bertz CT molecular complexity index is 1490. The van der Waals surface area contributed by atoms with E-state index in [0.29, 0.717) is 22.9 Å². The van der Waals surface area contributed by atoms with Crippen molar-refractivity contribution in [3.8, 4) is 5.69 Å². The highest BCUT2D eigenvalue weighted by Crippen LogP contribution is 2.39. The molecule has 1 N–H and O–H groups in total. The molecule has 3 aromatic rings. The van der Waals surface area contributed by atoms with Crippen LogP contribution in [0.4, 0.5) is 13.2 Å². The Morgan fingerprint density at radius 3 is 2.59 bits per heavy atom. The topological polar surface area (TPSA) is 111 Å². The van der Waals surface area contributed by atoms with Crippen LogP contribution in [0.3, 0.4) is 0 Å². The molecule has 8 nitrogen and oxygen atoms in total. The minimum Gasteiger partial charge on any atom is -0.359 e. The standard InChI is InChI=1S/C25H26F3N3O5S/c1-15-17(5-4-10-37(2,34)35)11-21(23(32)29-14-20-13-22(30-36-20)16-8-9-16)24(33)31(15)19-7-3-6-18(12-19)25(26,27)28/h3,6-7,11-13,16H,4-5,8-10,14H2,1-2H3,(H,29,32). The summed E-state index contributed by atoms with van der Waals surface area (Å²) in [5.74, 6) is -0.0845. The van der Waals surface area contributed by atoms with E-state index in [0.717, 1.165) is 41.5 Å². The predicted octanol–water partition coefficient (Wildman–Crippen LogP) is 3.94. The normalized spacial score (nSPS) is 14.1. The fraction of sp³-hybridized carbons (Fsp3) is 0.400. The van der Waals surface area contributed by atoms with E-state index in [4.69, 9.17) is 4.52 Å². The molecule has 0 bridgehead atoms. The van der Waals surface area contributed by atoms with Gasteiger partial charge in [-0.25, -0.2) is 8.42 Å². The number of nitrogens with one attached hydrogen (secondary N) is 1. The molecular formula is C25H26F3N3O5S. The average Bonchev–Trinajstić information content (AvgIpc) is 3.55. The Kier molecular flexibility index (Phi) is 7.31. The number of hydrogen-bond donors (Lipinski definition) is 1. The first-order valence-electron chi connectivity index (χ1n) is 11.7. The zero-order chi connectivity index (χ0) is 27.0. The van der Waals surface area contributed by atoms with Crippen molar-refractivity contribution in [2.75, 3.05) is 12.0 Å². The number of aryl methyl sites for hydroxylation is 1. The van der Waals surface area contributed by atoms with Gasteiger partial charge in [0.1, 0.15) is 15.4 Å². The molecule has 0 aliphatic heterocycles. The number of alkyl halides is 3. The lowest BCUT2D eigenvalue weighted by Gasteiger charge is -2.18. The summed E-state index contributed by atoms with van der Waals surface area (Å²) in [7, 11) is -3.25. The van der Waals surface area contributed by atoms with E-state index in [1.54, 1.807) is 13.0 Å². The quantitative estimate of drug-likeness (QED) is 0.443. The van der Waals surface area contributed by atoms with Gasteiger partial charge in [-0.2, -0.15) is 13.2 Å². The maximum Gasteiger partial charge on any atom is 0.416 e. The van der Waals surface area contributed by atoms with Crippen molar-refractivity contribution >= 4 is 15.7 Å². The van der Waals surface area contributed by atoms with Crippen LogP contribution in [-0.4, -0.2) is 36.1 Å². The second-order valence-electron chi connectivity index (χ2n) is 9.27. The van der Waals surface area contributed by atoms with Crippen molar-refractivity contribution < 1.29 is 30.9 Å². The van der Waals surface area contributed by atoms with Crippen LogP contribution in [-0.2, 0) is 29.0 Å². The predicted molar refractivity (Wildman–Crippen MR) is 129 cm³/mol. The Hall–Kier alpha value is -3.41. The third kappa shape index (κ3) is 6.48. The number of hydrogen-bond acceptors (Lipinski definition) is 6. The van der Waals surface area contributed by atoms with Crippen LogP contribution in [0.25, 0.3) is 5.69 Å². The lowest BCUT2D eigenvalue weighted by molar-refractivity contribution is -0.137. The number of halogens is 3. The molecule has 37 heavy (non-hydrogen) atoms. The van der Waals surface area contributed by atoms with Crippen molar-refractivity contribution in [1.29, 1.82) is 0 Å². The van der Waals surface area contributed by atoms with Gasteiger partial charge in [0.05, 0.1) is 23.6 Å². The molecule has 0 unspecified atom stereocenters. The smallest absolute Gasteiger partial charge is 0.359 e. The maximum atomic E-state index is 13.4. The van der Waals surface area contributed by atoms with Crippen molar-refractivity contribution in [3.63, 3.8) is 0 Å². The second kappa shape index (κ2) is 10.2. The van der Waals surface area contributed by atoms with Crippen molar-refractivity contribution in [1.82, 2.24) is 15.0 Å². The van der Waals surface area contributed by atoms with Gasteiger partial charge < -0.3 is 9.84 Å². The monoisotopic (exact) mass is 537 g/mol. The maximum absolute atomic E-state index is 13.4. The molecule has 0 saturated heterocycles. The number of carbonyl (C=O) groups is 1. The number of sulfone groups is 1. The summed E-state index contributed by atoms with van der Waals surface area (Å²) in [4.78, 5) is 26.4. The molecule has 1 amide bonds. The van der Waals surface area contributed by atoms with Gasteiger partial charge in [-0.1, -0.05) is 11.2 Å². The molecule has 2 heterocycles. The highest BCUT2D eigenvalue weighted by Gasteiger charge is 2.31. The minimum absolute atomic E-state index is 0.0289. The molecule has 0 spiro atoms. The summed E-state index contributed by atoms with van der Waals surface area (Å²) in [6, 6.07) is 7.37. The van der Waals surface area contributed by atoms with E-state index in [1.165, 1.54) is 18.2 Å². The number of aromatic nitrogens is 2. The molecule has 198 valence electrons. The summed E-state index contributed by atoms with van der Waals surface area (Å²) in [5.41, 5.74) is -0.473. The third-order valence-corrected chi connectivity index (χ3v) is 7.22. The van der Waals surface area contributed by atoms with Crippen LogP contribution in [0.1, 0.15) is 63.8 Å². The van der Waals surface area contributed by atoms with Gasteiger partial charge in [0.2, 0.25) is 0 Å². The van der Waals surface area contributed by atoms with Gasteiger partial charge >= 0.3 is 6.18 Å². The largest absolute Gasteiger partial charge is 0.416 e. The first-order valence-corrected chi connectivity index (χ1v) is 13.7. The zero-order valence-electron chi connectivity index (χ0n) is 20.3. The van der Waals surface area contributed by atoms with Crippen LogP contribution in [0, 0.1) is 6.92 Å². The molecular weight excluding hydrogens is 511 g/mol. The number of rotatable bonds is 9. The van der Waals surface area contributed by atoms with Crippen LogP contribution in [0.2, 0.25) is 0 Å². The first kappa shape index (κ1) is 26.6. The number of carbonyl (C=O) groups excluding carboxylic acids is 1. The van der Waals surface area contributed by atoms with Crippen LogP contribution in [0.5, 0.6) is 0 Å². The fourth-order valence-electron chi connectivity index (χ4n) is 4.08. The molecule has 0 atom stereocenters. The minimum atomic E-state index is -4.63. The number of nitrogens with zero attached hydrogens (tertiary/aromatic N) is 2. The summed E-state index contributed by atoms with van der Waals surface area (Å²) in [5, 5.41) is 6.58. The average molecular weight is 538 g/mol. The number of amides is 1. The van der Waals surface area contributed by atoms with Gasteiger partial charge in [0, 0.05) is 29.6 Å². The second-order valence-corrected chi connectivity index (χ2v) is 11.5. The van der Waals surface area contributed by atoms with E-state index in [2.05, 4.69) is 10.5 Å². The molecule has 0 radical (unpaired) electrons. The number of benzene rings is 1. The lowest BCUT2D eigenvalue weighted by atomic mass is 10.0. The molecule has 4 rings (SSSR count). The highest BCUT2D eigenvalue weighted by atomic mass is 32.2. The molecule has 12 heteroatoms. The third-order valence-electron chi connectivity index (χ3n) is 6.19. The lowest BCUT2D eigenvalue weighted by Crippen LogP contribution is -2.34. The fourth-order valence-corrected chi connectivity index (χ4v) is 4.74. The van der Waals surface area contributed by atoms with Gasteiger partial charge in [0.25, 0.3) is 11.5 Å². The Morgan fingerprint density at radius 1 is 1.22 bits per heavy atom. The molecule has 1 aliphatic rings. The van der Waals surface area contributed by atoms with E-state index >= 15 is 0 Å². The van der Waals surface area contributed by atoms with Gasteiger partial charge in [0.15, 0.2) is 5.76 Å². The van der Waals surface area contributed by atoms with Crippen LogP contribution >= 0.6 is 0 Å². The Balaban J connectivity index is 1.69. The van der Waals surface area contributed by atoms with E-state index < -0.39 is 33.0 Å². The molecule has 1 aromatic carbocycles. The highest BCUT2D eigenvalue weighted by molar-refractivity contribution is 7.90. The van der Waals surface area contributed by atoms with Crippen molar-refractivity contribution in [2.45, 2.75) is 51.2 Å². The van der Waals surface area contributed by atoms with Crippen molar-refractivity contribution in [2.24, 2.45) is 0 Å². The summed E-state index contributed by atoms with van der Waals surface area (Å²) in [6.07, 6.45) is -1.07. The van der Waals surface area contributed by atoms with Crippen LogP contribution < -0.4 is 10.9 Å². The summed E-state index contributed by atoms with van der Waals surface area (Å²) >= 11 is 0. The van der Waals surface area contributed by atoms with Gasteiger partial charge in [-0.15, -0.1) is 0 Å². The van der Waals surface area contributed by atoms with E-state index in [-0.39, 0.29) is 36.4 Å².